The van der Waals surface area contributed by atoms with E-state index in [2.05, 4.69) is 21.2 Å². The van der Waals surface area contributed by atoms with Gasteiger partial charge in [-0.3, -0.25) is 0 Å². The van der Waals surface area contributed by atoms with Crippen LogP contribution in [0, 0.1) is 11.6 Å². The Bertz CT molecular complexity index is 657. The molecule has 0 radical (unpaired) electrons. The molecule has 2 nitrogen and oxygen atoms in total. The van der Waals surface area contributed by atoms with Crippen molar-refractivity contribution in [3.8, 4) is 5.75 Å². The van der Waals surface area contributed by atoms with Crippen molar-refractivity contribution in [3.05, 3.63) is 63.6 Å². The standard InChI is InChI=1S/C16H14BrF2NO/c1-20-14-8-16(9-4-11(18)7-12(19)5-9)21-15-3-2-10(17)6-13(14)15/h2-7,14,16,20H,8H2,1H3. The van der Waals surface area contributed by atoms with E-state index in [0.29, 0.717) is 12.0 Å². The lowest BCUT2D eigenvalue weighted by molar-refractivity contribution is 0.153. The van der Waals surface area contributed by atoms with Crippen molar-refractivity contribution in [1.29, 1.82) is 0 Å². The Labute approximate surface area is 130 Å². The summed E-state index contributed by atoms with van der Waals surface area (Å²) in [5.41, 5.74) is 1.56. The number of hydrogen-bond acceptors (Lipinski definition) is 2. The van der Waals surface area contributed by atoms with Crippen LogP contribution in [0.4, 0.5) is 8.78 Å². The van der Waals surface area contributed by atoms with Crippen molar-refractivity contribution in [2.24, 2.45) is 0 Å². The van der Waals surface area contributed by atoms with Gasteiger partial charge in [0, 0.05) is 28.6 Å². The monoisotopic (exact) mass is 353 g/mol. The number of benzene rings is 2. The molecule has 0 fully saturated rings. The van der Waals surface area contributed by atoms with Crippen LogP contribution >= 0.6 is 15.9 Å². The van der Waals surface area contributed by atoms with E-state index in [1.165, 1.54) is 12.1 Å². The van der Waals surface area contributed by atoms with Crippen LogP contribution in [0.5, 0.6) is 5.75 Å². The van der Waals surface area contributed by atoms with E-state index in [4.69, 9.17) is 4.74 Å². The first-order valence-corrected chi connectivity index (χ1v) is 7.45. The first kappa shape index (κ1) is 14.5. The van der Waals surface area contributed by atoms with Crippen molar-refractivity contribution in [2.75, 3.05) is 7.05 Å². The molecule has 110 valence electrons. The Balaban J connectivity index is 1.98. The maximum atomic E-state index is 13.4. The van der Waals surface area contributed by atoms with Gasteiger partial charge in [-0.2, -0.15) is 0 Å². The molecular formula is C16H14BrF2NO. The average Bonchev–Trinajstić information content (AvgIpc) is 2.45. The molecule has 2 aromatic carbocycles. The molecule has 0 aromatic heterocycles. The normalized spacial score (nSPS) is 20.8. The number of ether oxygens (including phenoxy) is 1. The third kappa shape index (κ3) is 2.94. The van der Waals surface area contributed by atoms with Crippen LogP contribution in [0.25, 0.3) is 0 Å². The fraction of sp³-hybridized carbons (Fsp3) is 0.250. The van der Waals surface area contributed by atoms with Crippen LogP contribution in [0.1, 0.15) is 29.7 Å². The van der Waals surface area contributed by atoms with Gasteiger partial charge in [-0.1, -0.05) is 15.9 Å². The molecule has 2 aromatic rings. The van der Waals surface area contributed by atoms with Gasteiger partial charge >= 0.3 is 0 Å². The van der Waals surface area contributed by atoms with Crippen molar-refractivity contribution >= 4 is 15.9 Å². The summed E-state index contributed by atoms with van der Waals surface area (Å²) in [6.07, 6.45) is 0.240. The predicted octanol–water partition coefficient (Wildman–Crippen LogP) is 4.51. The Morgan fingerprint density at radius 1 is 1.14 bits per heavy atom. The van der Waals surface area contributed by atoms with E-state index in [1.54, 1.807) is 0 Å². The van der Waals surface area contributed by atoms with Crippen LogP contribution in [0.2, 0.25) is 0 Å². The van der Waals surface area contributed by atoms with E-state index in [1.807, 2.05) is 25.2 Å². The Morgan fingerprint density at radius 3 is 2.52 bits per heavy atom. The predicted molar refractivity (Wildman–Crippen MR) is 80.3 cm³/mol. The number of fused-ring (bicyclic) bond motifs is 1. The topological polar surface area (TPSA) is 21.3 Å². The second-order valence-corrected chi connectivity index (χ2v) is 5.98. The van der Waals surface area contributed by atoms with Gasteiger partial charge in [0.2, 0.25) is 0 Å². The van der Waals surface area contributed by atoms with Gasteiger partial charge in [-0.25, -0.2) is 8.78 Å². The molecule has 0 saturated carbocycles. The van der Waals surface area contributed by atoms with E-state index < -0.39 is 11.6 Å². The molecule has 0 spiro atoms. The minimum atomic E-state index is -0.587. The van der Waals surface area contributed by atoms with Crippen molar-refractivity contribution in [1.82, 2.24) is 5.32 Å². The fourth-order valence-electron chi connectivity index (χ4n) is 2.68. The molecule has 0 amide bonds. The zero-order chi connectivity index (χ0) is 15.0. The average molecular weight is 354 g/mol. The SMILES string of the molecule is CNC1CC(c2cc(F)cc(F)c2)Oc2ccc(Br)cc21. The summed E-state index contributed by atoms with van der Waals surface area (Å²) >= 11 is 3.44. The Morgan fingerprint density at radius 2 is 1.86 bits per heavy atom. The molecule has 1 heterocycles. The first-order valence-electron chi connectivity index (χ1n) is 6.66. The highest BCUT2D eigenvalue weighted by Gasteiger charge is 2.29. The van der Waals surface area contributed by atoms with E-state index in [-0.39, 0.29) is 12.1 Å². The lowest BCUT2D eigenvalue weighted by Gasteiger charge is -2.32. The molecule has 21 heavy (non-hydrogen) atoms. The molecule has 0 aliphatic carbocycles. The summed E-state index contributed by atoms with van der Waals surface area (Å²) < 4.78 is 33.7. The highest BCUT2D eigenvalue weighted by molar-refractivity contribution is 9.10. The fourth-order valence-corrected chi connectivity index (χ4v) is 3.06. The summed E-state index contributed by atoms with van der Waals surface area (Å²) in [7, 11) is 1.86. The van der Waals surface area contributed by atoms with Gasteiger partial charge in [0.05, 0.1) is 0 Å². The van der Waals surface area contributed by atoms with Gasteiger partial charge in [-0.05, 0) is 42.9 Å². The first-order chi connectivity index (χ1) is 10.1. The summed E-state index contributed by atoms with van der Waals surface area (Å²) in [6, 6.07) is 9.34. The van der Waals surface area contributed by atoms with Crippen LogP contribution < -0.4 is 10.1 Å². The zero-order valence-electron chi connectivity index (χ0n) is 11.4. The summed E-state index contributed by atoms with van der Waals surface area (Å²) in [5, 5.41) is 3.23. The Hall–Kier alpha value is -1.46. The third-order valence-corrected chi connectivity index (χ3v) is 4.16. The van der Waals surface area contributed by atoms with Crippen LogP contribution in [-0.4, -0.2) is 7.05 Å². The molecule has 0 bridgehead atoms. The highest BCUT2D eigenvalue weighted by atomic mass is 79.9. The van der Waals surface area contributed by atoms with Gasteiger partial charge in [0.25, 0.3) is 0 Å². The van der Waals surface area contributed by atoms with Crippen molar-refractivity contribution < 1.29 is 13.5 Å². The molecule has 1 aliphatic rings. The van der Waals surface area contributed by atoms with E-state index in [0.717, 1.165) is 21.9 Å². The summed E-state index contributed by atoms with van der Waals surface area (Å²) in [4.78, 5) is 0. The lowest BCUT2D eigenvalue weighted by atomic mass is 9.93. The number of rotatable bonds is 2. The second-order valence-electron chi connectivity index (χ2n) is 5.07. The number of nitrogens with one attached hydrogen (secondary N) is 1. The lowest BCUT2D eigenvalue weighted by Crippen LogP contribution is -2.26. The van der Waals surface area contributed by atoms with E-state index >= 15 is 0 Å². The molecule has 0 saturated heterocycles. The highest BCUT2D eigenvalue weighted by Crippen LogP contribution is 2.41. The van der Waals surface area contributed by atoms with Crippen LogP contribution in [0.15, 0.2) is 40.9 Å². The molecule has 2 atom stereocenters. The maximum absolute atomic E-state index is 13.4. The van der Waals surface area contributed by atoms with Crippen LogP contribution in [-0.2, 0) is 0 Å². The Kier molecular flexibility index (Phi) is 3.95. The molecule has 1 N–H and O–H groups in total. The van der Waals surface area contributed by atoms with Gasteiger partial charge in [-0.15, -0.1) is 0 Å². The second kappa shape index (κ2) is 5.73. The zero-order valence-corrected chi connectivity index (χ0v) is 13.0. The number of halogens is 3. The third-order valence-electron chi connectivity index (χ3n) is 3.67. The van der Waals surface area contributed by atoms with Crippen LogP contribution in [0.3, 0.4) is 0 Å². The number of hydrogen-bond donors (Lipinski definition) is 1. The summed E-state index contributed by atoms with van der Waals surface area (Å²) in [6.45, 7) is 0. The smallest absolute Gasteiger partial charge is 0.126 e. The summed E-state index contributed by atoms with van der Waals surface area (Å²) in [5.74, 6) is -0.439. The quantitative estimate of drug-likeness (QED) is 0.857. The van der Waals surface area contributed by atoms with Gasteiger partial charge in [0.15, 0.2) is 0 Å². The molecule has 3 rings (SSSR count). The molecule has 1 aliphatic heterocycles. The van der Waals surface area contributed by atoms with Crippen molar-refractivity contribution in [3.63, 3.8) is 0 Å². The minimum absolute atomic E-state index is 0.0718. The maximum Gasteiger partial charge on any atom is 0.126 e. The molecular weight excluding hydrogens is 340 g/mol. The van der Waals surface area contributed by atoms with E-state index in [9.17, 15) is 8.78 Å². The van der Waals surface area contributed by atoms with Gasteiger partial charge in [0.1, 0.15) is 23.5 Å². The largest absolute Gasteiger partial charge is 0.485 e. The van der Waals surface area contributed by atoms with Gasteiger partial charge < -0.3 is 10.1 Å². The minimum Gasteiger partial charge on any atom is -0.485 e. The molecule has 5 heteroatoms. The van der Waals surface area contributed by atoms with Crippen molar-refractivity contribution in [2.45, 2.75) is 18.6 Å². The molecule has 2 unspecified atom stereocenters.